The van der Waals surface area contributed by atoms with Gasteiger partial charge in [0.05, 0.1) is 0 Å². The summed E-state index contributed by atoms with van der Waals surface area (Å²) in [6.45, 7) is 5.47. The van der Waals surface area contributed by atoms with Crippen LogP contribution in [0.25, 0.3) is 0 Å². The first-order valence-corrected chi connectivity index (χ1v) is 5.75. The number of carbonyl (C=O) groups is 2. The Kier molecular flexibility index (Phi) is 4.15. The summed E-state index contributed by atoms with van der Waals surface area (Å²) >= 11 is 0. The molecule has 1 fully saturated rings. The van der Waals surface area contributed by atoms with Gasteiger partial charge < -0.3 is 15.3 Å². The second-order valence-corrected chi connectivity index (χ2v) is 4.55. The summed E-state index contributed by atoms with van der Waals surface area (Å²) in [6, 6.07) is -0.738. The van der Waals surface area contributed by atoms with Crippen LogP contribution in [0.3, 0.4) is 0 Å². The summed E-state index contributed by atoms with van der Waals surface area (Å²) < 4.78 is 0. The van der Waals surface area contributed by atoms with Crippen LogP contribution in [0.5, 0.6) is 0 Å². The van der Waals surface area contributed by atoms with Crippen LogP contribution in [0.4, 0.5) is 4.79 Å². The molecule has 1 heterocycles. The maximum Gasteiger partial charge on any atom is 0.325 e. The van der Waals surface area contributed by atoms with Gasteiger partial charge in [0, 0.05) is 12.1 Å². The molecule has 1 aliphatic heterocycles. The Labute approximate surface area is 95.8 Å². The number of nitrogens with one attached hydrogen (secondary N) is 1. The molecule has 1 rings (SSSR count). The largest absolute Gasteiger partial charge is 0.480 e. The normalized spacial score (nSPS) is 27.3. The van der Waals surface area contributed by atoms with Gasteiger partial charge in [0.25, 0.3) is 0 Å². The quantitative estimate of drug-likeness (QED) is 0.751. The monoisotopic (exact) mass is 228 g/mol. The molecule has 0 bridgehead atoms. The minimum absolute atomic E-state index is 0.185. The van der Waals surface area contributed by atoms with Crippen LogP contribution in [0, 0.1) is 0 Å². The van der Waals surface area contributed by atoms with E-state index in [-0.39, 0.29) is 18.1 Å². The van der Waals surface area contributed by atoms with E-state index in [1.165, 1.54) is 6.92 Å². The Hall–Kier alpha value is -1.26. The van der Waals surface area contributed by atoms with Gasteiger partial charge in [-0.25, -0.2) is 4.79 Å². The second-order valence-electron chi connectivity index (χ2n) is 4.55. The third kappa shape index (κ3) is 2.87. The van der Waals surface area contributed by atoms with Gasteiger partial charge in [0.2, 0.25) is 0 Å². The molecule has 0 aromatic heterocycles. The number of carboxylic acid groups (broad SMARTS) is 1. The smallest absolute Gasteiger partial charge is 0.325 e. The average molecular weight is 228 g/mol. The molecule has 0 aliphatic carbocycles. The fourth-order valence-electron chi connectivity index (χ4n) is 2.14. The maximum atomic E-state index is 11.9. The molecule has 0 unspecified atom stereocenters. The van der Waals surface area contributed by atoms with Crippen molar-refractivity contribution in [2.45, 2.75) is 58.2 Å². The Balaban J connectivity index is 2.60. The van der Waals surface area contributed by atoms with E-state index in [4.69, 9.17) is 5.11 Å². The number of amides is 2. The number of hydrogen-bond acceptors (Lipinski definition) is 2. The molecule has 0 spiro atoms. The molecule has 2 N–H and O–H groups in total. The first-order chi connectivity index (χ1) is 7.43. The number of likely N-dealkylation sites (tertiary alicyclic amines) is 1. The molecule has 0 radical (unpaired) electrons. The van der Waals surface area contributed by atoms with Crippen LogP contribution in [0.15, 0.2) is 0 Å². The SMILES string of the molecule is C[C@H](NC(=O)N1[C@H](C)CCC[C@@H]1C)C(=O)O. The molecule has 92 valence electrons. The highest BCUT2D eigenvalue weighted by molar-refractivity contribution is 5.82. The third-order valence-corrected chi connectivity index (χ3v) is 3.14. The van der Waals surface area contributed by atoms with E-state index in [1.807, 2.05) is 13.8 Å². The molecule has 5 nitrogen and oxygen atoms in total. The average Bonchev–Trinajstić information content (AvgIpc) is 2.16. The van der Waals surface area contributed by atoms with Crippen LogP contribution in [0.2, 0.25) is 0 Å². The highest BCUT2D eigenvalue weighted by Gasteiger charge is 2.30. The Bertz CT molecular complexity index is 270. The van der Waals surface area contributed by atoms with Gasteiger partial charge in [0.15, 0.2) is 0 Å². The maximum absolute atomic E-state index is 11.9. The Morgan fingerprint density at radius 1 is 1.31 bits per heavy atom. The standard InChI is InChI=1S/C11H20N2O3/c1-7-5-4-6-8(2)13(7)11(16)12-9(3)10(14)15/h7-9H,4-6H2,1-3H3,(H,12,16)(H,14,15)/t7-,8+,9-/m0/s1. The predicted molar refractivity (Wildman–Crippen MR) is 60.2 cm³/mol. The summed E-state index contributed by atoms with van der Waals surface area (Å²) in [4.78, 5) is 24.3. The summed E-state index contributed by atoms with van der Waals surface area (Å²) in [5, 5.41) is 11.2. The number of nitrogens with zero attached hydrogens (tertiary/aromatic N) is 1. The fraction of sp³-hybridized carbons (Fsp3) is 0.818. The van der Waals surface area contributed by atoms with E-state index in [0.29, 0.717) is 0 Å². The van der Waals surface area contributed by atoms with E-state index < -0.39 is 12.0 Å². The molecule has 0 saturated carbocycles. The predicted octanol–water partition coefficient (Wildman–Crippen LogP) is 1.43. The van der Waals surface area contributed by atoms with Gasteiger partial charge in [-0.1, -0.05) is 0 Å². The highest BCUT2D eigenvalue weighted by Crippen LogP contribution is 2.22. The first-order valence-electron chi connectivity index (χ1n) is 5.75. The van der Waals surface area contributed by atoms with Crippen molar-refractivity contribution in [3.63, 3.8) is 0 Å². The summed E-state index contributed by atoms with van der Waals surface area (Å²) in [5.41, 5.74) is 0. The van der Waals surface area contributed by atoms with Gasteiger partial charge >= 0.3 is 12.0 Å². The number of piperidine rings is 1. The molecule has 1 aliphatic rings. The molecular formula is C11H20N2O3. The molecule has 3 atom stereocenters. The van der Waals surface area contributed by atoms with E-state index in [1.54, 1.807) is 4.90 Å². The minimum Gasteiger partial charge on any atom is -0.480 e. The van der Waals surface area contributed by atoms with Crippen molar-refractivity contribution >= 4 is 12.0 Å². The van der Waals surface area contributed by atoms with Crippen LogP contribution in [-0.2, 0) is 4.79 Å². The first kappa shape index (κ1) is 12.8. The molecule has 2 amide bonds. The lowest BCUT2D eigenvalue weighted by molar-refractivity contribution is -0.138. The second kappa shape index (κ2) is 5.18. The lowest BCUT2D eigenvalue weighted by Crippen LogP contribution is -2.54. The molecule has 0 aromatic rings. The Morgan fingerprint density at radius 3 is 2.25 bits per heavy atom. The van der Waals surface area contributed by atoms with Crippen molar-refractivity contribution in [2.75, 3.05) is 0 Å². The zero-order valence-electron chi connectivity index (χ0n) is 10.1. The van der Waals surface area contributed by atoms with E-state index in [0.717, 1.165) is 19.3 Å². The van der Waals surface area contributed by atoms with Crippen molar-refractivity contribution in [3.8, 4) is 0 Å². The van der Waals surface area contributed by atoms with Crippen LogP contribution in [-0.4, -0.2) is 40.1 Å². The molecule has 1 saturated heterocycles. The van der Waals surface area contributed by atoms with Crippen molar-refractivity contribution in [3.05, 3.63) is 0 Å². The van der Waals surface area contributed by atoms with Crippen LogP contribution in [0.1, 0.15) is 40.0 Å². The molecule has 5 heteroatoms. The van der Waals surface area contributed by atoms with Gasteiger partial charge in [-0.15, -0.1) is 0 Å². The topological polar surface area (TPSA) is 69.6 Å². The molecule has 16 heavy (non-hydrogen) atoms. The summed E-state index contributed by atoms with van der Waals surface area (Å²) in [6.07, 6.45) is 3.10. The van der Waals surface area contributed by atoms with Crippen molar-refractivity contribution in [1.29, 1.82) is 0 Å². The van der Waals surface area contributed by atoms with Gasteiger partial charge in [0.1, 0.15) is 6.04 Å². The summed E-state index contributed by atoms with van der Waals surface area (Å²) in [7, 11) is 0. The van der Waals surface area contributed by atoms with E-state index in [2.05, 4.69) is 5.32 Å². The van der Waals surface area contributed by atoms with Crippen molar-refractivity contribution in [2.24, 2.45) is 0 Å². The number of urea groups is 1. The van der Waals surface area contributed by atoms with Crippen molar-refractivity contribution < 1.29 is 14.7 Å². The van der Waals surface area contributed by atoms with E-state index >= 15 is 0 Å². The van der Waals surface area contributed by atoms with Gasteiger partial charge in [-0.2, -0.15) is 0 Å². The number of carboxylic acids is 1. The fourth-order valence-corrected chi connectivity index (χ4v) is 2.14. The highest BCUT2D eigenvalue weighted by atomic mass is 16.4. The van der Waals surface area contributed by atoms with E-state index in [9.17, 15) is 9.59 Å². The minimum atomic E-state index is -1.01. The van der Waals surface area contributed by atoms with Gasteiger partial charge in [-0.05, 0) is 40.0 Å². The lowest BCUT2D eigenvalue weighted by Gasteiger charge is -2.39. The molecular weight excluding hydrogens is 208 g/mol. The number of carbonyl (C=O) groups excluding carboxylic acids is 1. The van der Waals surface area contributed by atoms with Crippen LogP contribution >= 0.6 is 0 Å². The number of hydrogen-bond donors (Lipinski definition) is 2. The number of aliphatic carboxylic acids is 1. The zero-order chi connectivity index (χ0) is 12.3. The van der Waals surface area contributed by atoms with Gasteiger partial charge in [-0.3, -0.25) is 4.79 Å². The van der Waals surface area contributed by atoms with Crippen LogP contribution < -0.4 is 5.32 Å². The Morgan fingerprint density at radius 2 is 1.81 bits per heavy atom. The zero-order valence-corrected chi connectivity index (χ0v) is 10.1. The van der Waals surface area contributed by atoms with Crippen molar-refractivity contribution in [1.82, 2.24) is 10.2 Å². The molecule has 0 aromatic carbocycles. The number of rotatable bonds is 2. The third-order valence-electron chi connectivity index (χ3n) is 3.14. The lowest BCUT2D eigenvalue weighted by atomic mass is 9.98. The summed E-state index contributed by atoms with van der Waals surface area (Å²) in [5.74, 6) is -1.01.